The van der Waals surface area contributed by atoms with Gasteiger partial charge >= 0.3 is 0 Å². The second-order valence-electron chi connectivity index (χ2n) is 2.87. The van der Waals surface area contributed by atoms with Crippen LogP contribution in [0.15, 0.2) is 42.9 Å². The first-order valence-electron chi connectivity index (χ1n) is 4.48. The Hall–Kier alpha value is -1.61. The standard InChI is InChI=1S/C11H9ClN2O/c12-8-10-11(2-1-5-14-10)15-9-3-6-13-7-4-9/h1-7H,8H2. The van der Waals surface area contributed by atoms with Crippen molar-refractivity contribution >= 4 is 11.6 Å². The second-order valence-corrected chi connectivity index (χ2v) is 3.13. The third kappa shape index (κ3) is 2.44. The lowest BCUT2D eigenvalue weighted by Crippen LogP contribution is -1.92. The summed E-state index contributed by atoms with van der Waals surface area (Å²) in [6.07, 6.45) is 5.04. The summed E-state index contributed by atoms with van der Waals surface area (Å²) in [5, 5.41) is 0. The zero-order valence-corrected chi connectivity index (χ0v) is 8.69. The van der Waals surface area contributed by atoms with Crippen molar-refractivity contribution in [1.29, 1.82) is 0 Å². The Morgan fingerprint density at radius 2 is 1.93 bits per heavy atom. The fraction of sp³-hybridized carbons (Fsp3) is 0.0909. The molecule has 0 bridgehead atoms. The summed E-state index contributed by atoms with van der Waals surface area (Å²) in [5.41, 5.74) is 0.732. The van der Waals surface area contributed by atoms with Gasteiger partial charge in [-0.25, -0.2) is 0 Å². The van der Waals surface area contributed by atoms with Crippen molar-refractivity contribution < 1.29 is 4.74 Å². The summed E-state index contributed by atoms with van der Waals surface area (Å²) < 4.78 is 5.61. The molecule has 76 valence electrons. The topological polar surface area (TPSA) is 35.0 Å². The van der Waals surface area contributed by atoms with Crippen LogP contribution in [-0.4, -0.2) is 9.97 Å². The number of hydrogen-bond acceptors (Lipinski definition) is 3. The third-order valence-corrected chi connectivity index (χ3v) is 2.11. The number of halogens is 1. The predicted molar refractivity (Wildman–Crippen MR) is 58.1 cm³/mol. The van der Waals surface area contributed by atoms with Crippen LogP contribution in [0.5, 0.6) is 11.5 Å². The maximum absolute atomic E-state index is 5.74. The normalized spacial score (nSPS) is 9.93. The largest absolute Gasteiger partial charge is 0.455 e. The van der Waals surface area contributed by atoms with Crippen LogP contribution in [0.3, 0.4) is 0 Å². The zero-order valence-electron chi connectivity index (χ0n) is 7.93. The van der Waals surface area contributed by atoms with Gasteiger partial charge in [-0.15, -0.1) is 11.6 Å². The van der Waals surface area contributed by atoms with E-state index in [-0.39, 0.29) is 0 Å². The molecule has 0 atom stereocenters. The SMILES string of the molecule is ClCc1ncccc1Oc1ccncc1. The lowest BCUT2D eigenvalue weighted by atomic mass is 10.3. The number of alkyl halides is 1. The van der Waals surface area contributed by atoms with Crippen LogP contribution in [-0.2, 0) is 5.88 Å². The van der Waals surface area contributed by atoms with Gasteiger partial charge in [-0.1, -0.05) is 0 Å². The zero-order chi connectivity index (χ0) is 10.5. The predicted octanol–water partition coefficient (Wildman–Crippen LogP) is 3.01. The highest BCUT2D eigenvalue weighted by Crippen LogP contribution is 2.23. The Morgan fingerprint density at radius 1 is 1.13 bits per heavy atom. The molecule has 2 rings (SSSR count). The van der Waals surface area contributed by atoms with Crippen LogP contribution in [0.2, 0.25) is 0 Å². The average Bonchev–Trinajstić information content (AvgIpc) is 2.31. The summed E-state index contributed by atoms with van der Waals surface area (Å²) in [6.45, 7) is 0. The Balaban J connectivity index is 2.24. The van der Waals surface area contributed by atoms with Crippen molar-refractivity contribution in [1.82, 2.24) is 9.97 Å². The lowest BCUT2D eigenvalue weighted by Gasteiger charge is -2.07. The molecular formula is C11H9ClN2O. The fourth-order valence-corrected chi connectivity index (χ4v) is 1.35. The molecule has 15 heavy (non-hydrogen) atoms. The van der Waals surface area contributed by atoms with Crippen LogP contribution >= 0.6 is 11.6 Å². The van der Waals surface area contributed by atoms with Crippen LogP contribution in [0.4, 0.5) is 0 Å². The van der Waals surface area contributed by atoms with E-state index in [0.717, 1.165) is 11.4 Å². The van der Waals surface area contributed by atoms with Gasteiger partial charge in [-0.2, -0.15) is 0 Å². The molecule has 0 fully saturated rings. The number of aromatic nitrogens is 2. The van der Waals surface area contributed by atoms with Crippen molar-refractivity contribution in [2.24, 2.45) is 0 Å². The number of hydrogen-bond donors (Lipinski definition) is 0. The molecular weight excluding hydrogens is 212 g/mol. The summed E-state index contributed by atoms with van der Waals surface area (Å²) in [6, 6.07) is 7.22. The van der Waals surface area contributed by atoms with E-state index < -0.39 is 0 Å². The molecule has 0 spiro atoms. The van der Waals surface area contributed by atoms with Crippen molar-refractivity contribution in [3.63, 3.8) is 0 Å². The van der Waals surface area contributed by atoms with E-state index in [1.54, 1.807) is 30.7 Å². The van der Waals surface area contributed by atoms with Crippen molar-refractivity contribution in [2.75, 3.05) is 0 Å². The fourth-order valence-electron chi connectivity index (χ4n) is 1.15. The van der Waals surface area contributed by atoms with E-state index in [0.29, 0.717) is 11.6 Å². The van der Waals surface area contributed by atoms with E-state index in [4.69, 9.17) is 16.3 Å². The smallest absolute Gasteiger partial charge is 0.150 e. The van der Waals surface area contributed by atoms with Gasteiger partial charge in [-0.05, 0) is 24.3 Å². The molecule has 2 aromatic rings. The van der Waals surface area contributed by atoms with E-state index in [1.807, 2.05) is 12.1 Å². The van der Waals surface area contributed by atoms with Crippen LogP contribution in [0.1, 0.15) is 5.69 Å². The quantitative estimate of drug-likeness (QED) is 0.746. The van der Waals surface area contributed by atoms with Gasteiger partial charge in [0.25, 0.3) is 0 Å². The van der Waals surface area contributed by atoms with Crippen molar-refractivity contribution in [3.8, 4) is 11.5 Å². The highest BCUT2D eigenvalue weighted by atomic mass is 35.5. The van der Waals surface area contributed by atoms with Gasteiger partial charge < -0.3 is 4.74 Å². The molecule has 0 aliphatic rings. The molecule has 0 amide bonds. The maximum atomic E-state index is 5.74. The summed E-state index contributed by atoms with van der Waals surface area (Å²) in [5.74, 6) is 1.74. The summed E-state index contributed by atoms with van der Waals surface area (Å²) >= 11 is 5.74. The van der Waals surface area contributed by atoms with Crippen molar-refractivity contribution in [2.45, 2.75) is 5.88 Å². The molecule has 0 aliphatic heterocycles. The minimum absolute atomic E-state index is 0.335. The van der Waals surface area contributed by atoms with Crippen LogP contribution < -0.4 is 4.74 Å². The van der Waals surface area contributed by atoms with Gasteiger partial charge in [0, 0.05) is 18.6 Å². The van der Waals surface area contributed by atoms with Crippen molar-refractivity contribution in [3.05, 3.63) is 48.5 Å². The van der Waals surface area contributed by atoms with E-state index in [1.165, 1.54) is 0 Å². The molecule has 3 nitrogen and oxygen atoms in total. The molecule has 4 heteroatoms. The first kappa shape index (κ1) is 9.93. The Morgan fingerprint density at radius 3 is 2.67 bits per heavy atom. The minimum Gasteiger partial charge on any atom is -0.455 e. The molecule has 0 N–H and O–H groups in total. The number of rotatable bonds is 3. The van der Waals surface area contributed by atoms with Crippen LogP contribution in [0.25, 0.3) is 0 Å². The highest BCUT2D eigenvalue weighted by Gasteiger charge is 2.03. The Labute approximate surface area is 92.7 Å². The number of nitrogens with zero attached hydrogens (tertiary/aromatic N) is 2. The molecule has 0 saturated carbocycles. The Kier molecular flexibility index (Phi) is 3.15. The third-order valence-electron chi connectivity index (χ3n) is 1.85. The lowest BCUT2D eigenvalue weighted by molar-refractivity contribution is 0.474. The van der Waals surface area contributed by atoms with E-state index >= 15 is 0 Å². The van der Waals surface area contributed by atoms with Crippen LogP contribution in [0, 0.1) is 0 Å². The molecule has 2 heterocycles. The second kappa shape index (κ2) is 4.75. The highest BCUT2D eigenvalue weighted by molar-refractivity contribution is 6.17. The first-order chi connectivity index (χ1) is 7.40. The summed E-state index contributed by atoms with van der Waals surface area (Å²) in [7, 11) is 0. The van der Waals surface area contributed by atoms with Gasteiger partial charge in [0.1, 0.15) is 11.5 Å². The monoisotopic (exact) mass is 220 g/mol. The number of pyridine rings is 2. The molecule has 0 radical (unpaired) electrons. The molecule has 0 aromatic carbocycles. The van der Waals surface area contributed by atoms with Gasteiger partial charge in [-0.3, -0.25) is 9.97 Å². The van der Waals surface area contributed by atoms with Gasteiger partial charge in [0.05, 0.1) is 11.6 Å². The number of ether oxygens (including phenoxy) is 1. The van der Waals surface area contributed by atoms with E-state index in [2.05, 4.69) is 9.97 Å². The maximum Gasteiger partial charge on any atom is 0.150 e. The Bertz CT molecular complexity index is 434. The molecule has 0 saturated heterocycles. The van der Waals surface area contributed by atoms with Gasteiger partial charge in [0.15, 0.2) is 0 Å². The molecule has 0 aliphatic carbocycles. The molecule has 0 unspecified atom stereocenters. The minimum atomic E-state index is 0.335. The summed E-state index contributed by atoms with van der Waals surface area (Å²) in [4.78, 5) is 8.03. The first-order valence-corrected chi connectivity index (χ1v) is 5.01. The average molecular weight is 221 g/mol. The molecule has 2 aromatic heterocycles. The van der Waals surface area contributed by atoms with Gasteiger partial charge in [0.2, 0.25) is 0 Å². The van der Waals surface area contributed by atoms with E-state index in [9.17, 15) is 0 Å².